The minimum Gasteiger partial charge on any atom is -0.481 e. The maximum absolute atomic E-state index is 11.3. The van der Waals surface area contributed by atoms with Gasteiger partial charge in [-0.1, -0.05) is 6.07 Å². The predicted octanol–water partition coefficient (Wildman–Crippen LogP) is 1.11. The lowest BCUT2D eigenvalue weighted by Gasteiger charge is -2.09. The summed E-state index contributed by atoms with van der Waals surface area (Å²) < 4.78 is 4.95. The smallest absolute Gasteiger partial charge is 0.222 e. The van der Waals surface area contributed by atoms with Gasteiger partial charge in [0.2, 0.25) is 11.8 Å². The molecule has 1 aromatic rings. The molecule has 0 aromatic carbocycles. The largest absolute Gasteiger partial charge is 0.481 e. The molecule has 0 aliphatic rings. The van der Waals surface area contributed by atoms with Gasteiger partial charge in [0.1, 0.15) is 0 Å². The summed E-state index contributed by atoms with van der Waals surface area (Å²) >= 11 is 0. The molecule has 0 unspecified atom stereocenters. The van der Waals surface area contributed by atoms with Gasteiger partial charge in [0.15, 0.2) is 0 Å². The molecule has 0 saturated heterocycles. The van der Waals surface area contributed by atoms with E-state index in [1.165, 1.54) is 0 Å². The Bertz CT molecular complexity index is 320. The number of amides is 1. The molecule has 82 valence electrons. The highest BCUT2D eigenvalue weighted by Gasteiger charge is 2.04. The van der Waals surface area contributed by atoms with Crippen LogP contribution in [0.1, 0.15) is 12.0 Å². The van der Waals surface area contributed by atoms with Crippen LogP contribution in [-0.2, 0) is 11.2 Å². The van der Waals surface area contributed by atoms with Crippen LogP contribution in [0.15, 0.2) is 18.3 Å². The molecule has 0 spiro atoms. The molecule has 1 rings (SSSR count). The topological polar surface area (TPSA) is 42.4 Å². The van der Waals surface area contributed by atoms with E-state index in [1.54, 1.807) is 38.4 Å². The number of aryl methyl sites for hydroxylation is 1. The van der Waals surface area contributed by atoms with Gasteiger partial charge in [-0.15, -0.1) is 0 Å². The number of hydrogen-bond acceptors (Lipinski definition) is 3. The Hall–Kier alpha value is -1.58. The van der Waals surface area contributed by atoms with Gasteiger partial charge in [0.25, 0.3) is 0 Å². The van der Waals surface area contributed by atoms with Crippen LogP contribution in [0.3, 0.4) is 0 Å². The van der Waals surface area contributed by atoms with Crippen molar-refractivity contribution in [2.24, 2.45) is 0 Å². The van der Waals surface area contributed by atoms with Crippen LogP contribution < -0.4 is 4.74 Å². The molecular formula is C11H16N2O2. The molecule has 1 amide bonds. The van der Waals surface area contributed by atoms with Gasteiger partial charge < -0.3 is 9.64 Å². The van der Waals surface area contributed by atoms with E-state index in [0.717, 1.165) is 5.56 Å². The van der Waals surface area contributed by atoms with Crippen molar-refractivity contribution in [1.29, 1.82) is 0 Å². The Labute approximate surface area is 89.9 Å². The van der Waals surface area contributed by atoms with E-state index >= 15 is 0 Å². The maximum atomic E-state index is 11.3. The van der Waals surface area contributed by atoms with E-state index in [0.29, 0.717) is 18.7 Å². The first-order valence-corrected chi connectivity index (χ1v) is 4.82. The first-order chi connectivity index (χ1) is 7.13. The second-order valence-corrected chi connectivity index (χ2v) is 3.50. The first kappa shape index (κ1) is 11.5. The maximum Gasteiger partial charge on any atom is 0.222 e. The fourth-order valence-electron chi connectivity index (χ4n) is 1.15. The van der Waals surface area contributed by atoms with E-state index in [-0.39, 0.29) is 5.91 Å². The van der Waals surface area contributed by atoms with Gasteiger partial charge in [0, 0.05) is 32.8 Å². The number of hydrogen-bond donors (Lipinski definition) is 0. The predicted molar refractivity (Wildman–Crippen MR) is 57.8 cm³/mol. The quantitative estimate of drug-likeness (QED) is 0.744. The van der Waals surface area contributed by atoms with Crippen molar-refractivity contribution >= 4 is 5.91 Å². The first-order valence-electron chi connectivity index (χ1n) is 4.82. The SMILES string of the molecule is COc1ccc(CCC(=O)N(C)C)cn1. The Morgan fingerprint density at radius 3 is 2.67 bits per heavy atom. The average Bonchev–Trinajstić information content (AvgIpc) is 2.26. The van der Waals surface area contributed by atoms with Crippen LogP contribution in [0.2, 0.25) is 0 Å². The molecule has 0 bridgehead atoms. The molecule has 15 heavy (non-hydrogen) atoms. The number of ether oxygens (including phenoxy) is 1. The van der Waals surface area contributed by atoms with Gasteiger partial charge in [-0.05, 0) is 12.0 Å². The van der Waals surface area contributed by atoms with E-state index in [2.05, 4.69) is 4.98 Å². The fourth-order valence-corrected chi connectivity index (χ4v) is 1.15. The van der Waals surface area contributed by atoms with Crippen LogP contribution in [0.25, 0.3) is 0 Å². The van der Waals surface area contributed by atoms with E-state index in [1.807, 2.05) is 6.07 Å². The summed E-state index contributed by atoms with van der Waals surface area (Å²) in [6.45, 7) is 0. The van der Waals surface area contributed by atoms with Crippen molar-refractivity contribution in [1.82, 2.24) is 9.88 Å². The second-order valence-electron chi connectivity index (χ2n) is 3.50. The van der Waals surface area contributed by atoms with Crippen LogP contribution >= 0.6 is 0 Å². The molecule has 4 heteroatoms. The van der Waals surface area contributed by atoms with E-state index in [4.69, 9.17) is 4.74 Å². The summed E-state index contributed by atoms with van der Waals surface area (Å²) in [5.74, 6) is 0.725. The molecule has 4 nitrogen and oxygen atoms in total. The van der Waals surface area contributed by atoms with Crippen molar-refractivity contribution in [2.75, 3.05) is 21.2 Å². The molecule has 0 radical (unpaired) electrons. The van der Waals surface area contributed by atoms with Crippen LogP contribution in [0.4, 0.5) is 0 Å². The lowest BCUT2D eigenvalue weighted by atomic mass is 10.1. The molecule has 1 heterocycles. The zero-order chi connectivity index (χ0) is 11.3. The Kier molecular flexibility index (Phi) is 4.09. The van der Waals surface area contributed by atoms with E-state index in [9.17, 15) is 4.79 Å². The van der Waals surface area contributed by atoms with Crippen molar-refractivity contribution in [3.05, 3.63) is 23.9 Å². The van der Waals surface area contributed by atoms with E-state index < -0.39 is 0 Å². The highest BCUT2D eigenvalue weighted by molar-refractivity contribution is 5.75. The van der Waals surface area contributed by atoms with Gasteiger partial charge in [-0.3, -0.25) is 4.79 Å². The Morgan fingerprint density at radius 1 is 1.47 bits per heavy atom. The normalized spacial score (nSPS) is 9.80. The average molecular weight is 208 g/mol. The molecule has 0 aliphatic heterocycles. The van der Waals surface area contributed by atoms with Crippen molar-refractivity contribution < 1.29 is 9.53 Å². The van der Waals surface area contributed by atoms with Gasteiger partial charge in [-0.2, -0.15) is 0 Å². The number of methoxy groups -OCH3 is 1. The molecule has 0 N–H and O–H groups in total. The summed E-state index contributed by atoms with van der Waals surface area (Å²) in [5.41, 5.74) is 1.05. The standard InChI is InChI=1S/C11H16N2O2/c1-13(2)11(14)7-5-9-4-6-10(15-3)12-8-9/h4,6,8H,5,7H2,1-3H3. The molecule has 0 aliphatic carbocycles. The Balaban J connectivity index is 2.47. The summed E-state index contributed by atoms with van der Waals surface area (Å²) in [6.07, 6.45) is 2.97. The lowest BCUT2D eigenvalue weighted by molar-refractivity contribution is -0.128. The summed E-state index contributed by atoms with van der Waals surface area (Å²) in [7, 11) is 5.10. The summed E-state index contributed by atoms with van der Waals surface area (Å²) in [6, 6.07) is 3.73. The van der Waals surface area contributed by atoms with Crippen molar-refractivity contribution in [3.63, 3.8) is 0 Å². The number of carbonyl (C=O) groups is 1. The number of pyridine rings is 1. The third-order valence-corrected chi connectivity index (χ3v) is 2.13. The van der Waals surface area contributed by atoms with Gasteiger partial charge in [0.05, 0.1) is 7.11 Å². The van der Waals surface area contributed by atoms with Gasteiger partial charge >= 0.3 is 0 Å². The zero-order valence-corrected chi connectivity index (χ0v) is 9.36. The molecule has 1 aromatic heterocycles. The third kappa shape index (κ3) is 3.58. The lowest BCUT2D eigenvalue weighted by Crippen LogP contribution is -2.21. The summed E-state index contributed by atoms with van der Waals surface area (Å²) in [4.78, 5) is 17.0. The molecular weight excluding hydrogens is 192 g/mol. The highest BCUT2D eigenvalue weighted by atomic mass is 16.5. The zero-order valence-electron chi connectivity index (χ0n) is 9.36. The number of rotatable bonds is 4. The molecule has 0 saturated carbocycles. The summed E-state index contributed by atoms with van der Waals surface area (Å²) in [5, 5.41) is 0. The monoisotopic (exact) mass is 208 g/mol. The number of nitrogens with zero attached hydrogens (tertiary/aromatic N) is 2. The van der Waals surface area contributed by atoms with Crippen LogP contribution in [-0.4, -0.2) is 37.0 Å². The number of aromatic nitrogens is 1. The number of carbonyl (C=O) groups excluding carboxylic acids is 1. The minimum absolute atomic E-state index is 0.130. The van der Waals surface area contributed by atoms with Crippen LogP contribution in [0.5, 0.6) is 5.88 Å². The third-order valence-electron chi connectivity index (χ3n) is 2.13. The van der Waals surface area contributed by atoms with Crippen molar-refractivity contribution in [2.45, 2.75) is 12.8 Å². The van der Waals surface area contributed by atoms with Gasteiger partial charge in [-0.25, -0.2) is 4.98 Å². The van der Waals surface area contributed by atoms with Crippen molar-refractivity contribution in [3.8, 4) is 5.88 Å². The fraction of sp³-hybridized carbons (Fsp3) is 0.455. The Morgan fingerprint density at radius 2 is 2.20 bits per heavy atom. The van der Waals surface area contributed by atoms with Crippen LogP contribution in [0, 0.1) is 0 Å². The minimum atomic E-state index is 0.130. The highest BCUT2D eigenvalue weighted by Crippen LogP contribution is 2.08. The molecule has 0 fully saturated rings. The molecule has 0 atom stereocenters. The second kappa shape index (κ2) is 5.34.